The first kappa shape index (κ1) is 14.1. The van der Waals surface area contributed by atoms with Crippen molar-refractivity contribution in [2.24, 2.45) is 0 Å². The van der Waals surface area contributed by atoms with E-state index in [2.05, 4.69) is 19.1 Å². The second kappa shape index (κ2) is 6.73. The highest BCUT2D eigenvalue weighted by Gasteiger charge is 2.05. The number of aliphatic hydroxyl groups is 1. The van der Waals surface area contributed by atoms with Crippen molar-refractivity contribution in [3.05, 3.63) is 51.7 Å². The van der Waals surface area contributed by atoms with Crippen LogP contribution in [-0.2, 0) is 13.0 Å². The van der Waals surface area contributed by atoms with Gasteiger partial charge in [0.05, 0.1) is 6.10 Å². The first-order chi connectivity index (χ1) is 9.22. The van der Waals surface area contributed by atoms with Gasteiger partial charge in [-0.3, -0.25) is 0 Å². The fourth-order valence-corrected chi connectivity index (χ4v) is 2.74. The Kier molecular flexibility index (Phi) is 5.00. The molecule has 0 saturated carbocycles. The van der Waals surface area contributed by atoms with Gasteiger partial charge in [0.15, 0.2) is 0 Å². The Morgan fingerprint density at radius 2 is 1.74 bits per heavy atom. The molecule has 2 nitrogen and oxygen atoms in total. The number of ether oxygens (including phenoxy) is 1. The molecule has 0 bridgehead atoms. The van der Waals surface area contributed by atoms with Gasteiger partial charge in [-0.1, -0.05) is 26.0 Å². The lowest BCUT2D eigenvalue weighted by Crippen LogP contribution is -1.96. The zero-order valence-corrected chi connectivity index (χ0v) is 12.2. The predicted molar refractivity (Wildman–Crippen MR) is 79.7 cm³/mol. The molecule has 1 N–H and O–H groups in total. The third-order valence-corrected chi connectivity index (χ3v) is 4.30. The highest BCUT2D eigenvalue weighted by atomic mass is 32.1. The second-order valence-electron chi connectivity index (χ2n) is 4.50. The van der Waals surface area contributed by atoms with Gasteiger partial charge in [0.2, 0.25) is 0 Å². The zero-order chi connectivity index (χ0) is 13.7. The van der Waals surface area contributed by atoms with Crippen LogP contribution >= 0.6 is 11.3 Å². The molecule has 0 radical (unpaired) electrons. The molecule has 2 rings (SSSR count). The third-order valence-electron chi connectivity index (χ3n) is 3.10. The van der Waals surface area contributed by atoms with Crippen molar-refractivity contribution in [1.29, 1.82) is 0 Å². The number of benzene rings is 1. The molecule has 1 heterocycles. The molecular formula is C16H20O2S. The van der Waals surface area contributed by atoms with Gasteiger partial charge in [0, 0.05) is 9.75 Å². The van der Waals surface area contributed by atoms with Crippen molar-refractivity contribution < 1.29 is 9.84 Å². The van der Waals surface area contributed by atoms with Gasteiger partial charge in [-0.15, -0.1) is 11.3 Å². The van der Waals surface area contributed by atoms with E-state index in [4.69, 9.17) is 4.74 Å². The molecule has 0 saturated heterocycles. The summed E-state index contributed by atoms with van der Waals surface area (Å²) in [5.41, 5.74) is 0.944. The summed E-state index contributed by atoms with van der Waals surface area (Å²) in [6.45, 7) is 4.74. The topological polar surface area (TPSA) is 29.5 Å². The summed E-state index contributed by atoms with van der Waals surface area (Å²) in [6, 6.07) is 12.0. The van der Waals surface area contributed by atoms with Crippen LogP contribution in [0.1, 0.15) is 41.7 Å². The summed E-state index contributed by atoms with van der Waals surface area (Å²) in [6.07, 6.45) is 1.43. The van der Waals surface area contributed by atoms with Crippen molar-refractivity contribution in [1.82, 2.24) is 0 Å². The molecule has 0 aliphatic heterocycles. The largest absolute Gasteiger partial charge is 0.488 e. The van der Waals surface area contributed by atoms with E-state index in [0.29, 0.717) is 6.61 Å². The number of aryl methyl sites for hydroxylation is 1. The zero-order valence-electron chi connectivity index (χ0n) is 11.4. The Labute approximate surface area is 118 Å². The van der Waals surface area contributed by atoms with Gasteiger partial charge in [0.25, 0.3) is 0 Å². The summed E-state index contributed by atoms with van der Waals surface area (Å²) in [5.74, 6) is 0.846. The quantitative estimate of drug-likeness (QED) is 0.850. The smallest absolute Gasteiger partial charge is 0.122 e. The lowest BCUT2D eigenvalue weighted by Gasteiger charge is -2.09. The van der Waals surface area contributed by atoms with Crippen LogP contribution in [0.25, 0.3) is 0 Å². The number of aliphatic hydroxyl groups excluding tert-OH is 1. The molecule has 0 amide bonds. The van der Waals surface area contributed by atoms with E-state index in [-0.39, 0.29) is 6.10 Å². The Morgan fingerprint density at radius 3 is 2.32 bits per heavy atom. The maximum Gasteiger partial charge on any atom is 0.122 e. The fourth-order valence-electron chi connectivity index (χ4n) is 1.87. The van der Waals surface area contributed by atoms with Crippen molar-refractivity contribution in [3.63, 3.8) is 0 Å². The molecule has 0 aliphatic rings. The average Bonchev–Trinajstić information content (AvgIpc) is 2.93. The molecule has 0 fully saturated rings. The lowest BCUT2D eigenvalue weighted by molar-refractivity contribution is 0.173. The number of thiophene rings is 1. The molecule has 102 valence electrons. The number of hydrogen-bond donors (Lipinski definition) is 1. The average molecular weight is 276 g/mol. The summed E-state index contributed by atoms with van der Waals surface area (Å²) < 4.78 is 5.75. The van der Waals surface area contributed by atoms with Gasteiger partial charge in [-0.2, -0.15) is 0 Å². The number of hydrogen-bond acceptors (Lipinski definition) is 3. The molecule has 1 atom stereocenters. The highest BCUT2D eigenvalue weighted by molar-refractivity contribution is 7.11. The van der Waals surface area contributed by atoms with Gasteiger partial charge >= 0.3 is 0 Å². The Balaban J connectivity index is 1.92. The Morgan fingerprint density at radius 1 is 1.05 bits per heavy atom. The summed E-state index contributed by atoms with van der Waals surface area (Å²) in [4.78, 5) is 2.63. The highest BCUT2D eigenvalue weighted by Crippen LogP contribution is 2.22. The maximum atomic E-state index is 9.72. The molecule has 2 aromatic rings. The van der Waals surface area contributed by atoms with Crippen molar-refractivity contribution in [2.75, 3.05) is 0 Å². The normalized spacial score (nSPS) is 12.4. The summed E-state index contributed by atoms with van der Waals surface area (Å²) >= 11 is 1.80. The van der Waals surface area contributed by atoms with E-state index >= 15 is 0 Å². The SMILES string of the molecule is CCc1ccc(COc2ccc(C(O)CC)cc2)s1. The standard InChI is InChI=1S/C16H20O2S/c1-3-14-9-10-15(19-14)11-18-13-7-5-12(6-8-13)16(17)4-2/h5-10,16-17H,3-4,11H2,1-2H3. The maximum absolute atomic E-state index is 9.72. The van der Waals surface area contributed by atoms with Crippen LogP contribution in [0.4, 0.5) is 0 Å². The first-order valence-electron chi connectivity index (χ1n) is 6.71. The van der Waals surface area contributed by atoms with Crippen molar-refractivity contribution in [3.8, 4) is 5.75 Å². The molecular weight excluding hydrogens is 256 g/mol. The minimum atomic E-state index is -0.376. The molecule has 0 aliphatic carbocycles. The molecule has 19 heavy (non-hydrogen) atoms. The summed E-state index contributed by atoms with van der Waals surface area (Å²) in [5, 5.41) is 9.72. The molecule has 3 heteroatoms. The lowest BCUT2D eigenvalue weighted by atomic mass is 10.1. The van der Waals surface area contributed by atoms with E-state index in [1.165, 1.54) is 9.75 Å². The fraction of sp³-hybridized carbons (Fsp3) is 0.375. The van der Waals surface area contributed by atoms with E-state index in [9.17, 15) is 5.11 Å². The van der Waals surface area contributed by atoms with Crippen LogP contribution in [0.3, 0.4) is 0 Å². The van der Waals surface area contributed by atoms with Crippen LogP contribution in [0.15, 0.2) is 36.4 Å². The van der Waals surface area contributed by atoms with Gasteiger partial charge in [-0.05, 0) is 42.7 Å². The van der Waals surface area contributed by atoms with Crippen molar-refractivity contribution in [2.45, 2.75) is 39.4 Å². The Hall–Kier alpha value is -1.32. The number of rotatable bonds is 6. The predicted octanol–water partition coefficient (Wildman–Crippen LogP) is 4.33. The minimum Gasteiger partial charge on any atom is -0.488 e. The van der Waals surface area contributed by atoms with Crippen molar-refractivity contribution >= 4 is 11.3 Å². The molecule has 1 unspecified atom stereocenters. The second-order valence-corrected chi connectivity index (χ2v) is 5.76. The monoisotopic (exact) mass is 276 g/mol. The van der Waals surface area contributed by atoms with E-state index < -0.39 is 0 Å². The van der Waals surface area contributed by atoms with Crippen LogP contribution in [0.2, 0.25) is 0 Å². The van der Waals surface area contributed by atoms with Gasteiger partial charge in [-0.25, -0.2) is 0 Å². The first-order valence-corrected chi connectivity index (χ1v) is 7.53. The molecule has 0 spiro atoms. The van der Waals surface area contributed by atoms with Gasteiger partial charge in [0.1, 0.15) is 12.4 Å². The van der Waals surface area contributed by atoms with Crippen LogP contribution in [0, 0.1) is 0 Å². The van der Waals surface area contributed by atoms with Crippen LogP contribution < -0.4 is 4.74 Å². The molecule has 1 aromatic carbocycles. The third kappa shape index (κ3) is 3.82. The summed E-state index contributed by atoms with van der Waals surface area (Å²) in [7, 11) is 0. The molecule has 1 aromatic heterocycles. The van der Waals surface area contributed by atoms with Gasteiger partial charge < -0.3 is 9.84 Å². The van der Waals surface area contributed by atoms with E-state index in [0.717, 1.165) is 24.2 Å². The Bertz CT molecular complexity index is 502. The van der Waals surface area contributed by atoms with Crippen LogP contribution in [0.5, 0.6) is 5.75 Å². The minimum absolute atomic E-state index is 0.376. The van der Waals surface area contributed by atoms with E-state index in [1.807, 2.05) is 31.2 Å². The van der Waals surface area contributed by atoms with Crippen LogP contribution in [-0.4, -0.2) is 5.11 Å². The van der Waals surface area contributed by atoms with E-state index in [1.54, 1.807) is 11.3 Å².